The molecule has 0 spiro atoms. The number of rotatable bonds is 4. The predicted molar refractivity (Wildman–Crippen MR) is 157 cm³/mol. The van der Waals surface area contributed by atoms with Gasteiger partial charge in [-0.15, -0.1) is 0 Å². The summed E-state index contributed by atoms with van der Waals surface area (Å²) in [5.41, 5.74) is 4.24. The van der Waals surface area contributed by atoms with Crippen molar-refractivity contribution < 1.29 is 18.9 Å². The van der Waals surface area contributed by atoms with E-state index in [-0.39, 0.29) is 22.8 Å². The quantitative estimate of drug-likeness (QED) is 0.208. The van der Waals surface area contributed by atoms with Crippen molar-refractivity contribution in [3.8, 4) is 11.3 Å². The highest BCUT2D eigenvalue weighted by atomic mass is 16.6. The van der Waals surface area contributed by atoms with Crippen LogP contribution in [0.2, 0.25) is 0 Å². The van der Waals surface area contributed by atoms with Crippen molar-refractivity contribution >= 4 is 28.8 Å². The van der Waals surface area contributed by atoms with E-state index < -0.39 is 11.0 Å². The number of nitrogens with one attached hydrogen (secondary N) is 1. The first-order valence-electron chi connectivity index (χ1n) is 13.5. The molecular weight excluding hydrogens is 518 g/mol. The number of carbonyl (C=O) groups is 2. The molecule has 0 saturated heterocycles. The Bertz CT molecular complexity index is 1730. The molecule has 0 unspecified atom stereocenters. The van der Waals surface area contributed by atoms with Crippen molar-refractivity contribution in [1.29, 1.82) is 0 Å². The van der Waals surface area contributed by atoms with Crippen molar-refractivity contribution in [3.05, 3.63) is 123 Å². The van der Waals surface area contributed by atoms with Crippen LogP contribution in [0.25, 0.3) is 11.3 Å². The monoisotopic (exact) mass is 547 g/mol. The molecule has 1 atom stereocenters. The highest BCUT2D eigenvalue weighted by Crippen LogP contribution is 2.49. The van der Waals surface area contributed by atoms with Crippen molar-refractivity contribution in [3.63, 3.8) is 0 Å². The Hall–Kier alpha value is -4.98. The highest BCUT2D eigenvalue weighted by molar-refractivity contribution is 6.11. The normalized spacial score (nSPS) is 17.8. The number of nitrogens with zero attached hydrogens (tertiary/aromatic N) is 2. The Balaban J connectivity index is 1.56. The second kappa shape index (κ2) is 9.89. The van der Waals surface area contributed by atoms with Gasteiger partial charge in [0.15, 0.2) is 5.78 Å². The number of amides is 1. The van der Waals surface area contributed by atoms with E-state index in [0.717, 1.165) is 11.4 Å². The molecule has 6 rings (SSSR count). The molecule has 206 valence electrons. The Labute approximate surface area is 237 Å². The van der Waals surface area contributed by atoms with Gasteiger partial charge >= 0.3 is 0 Å². The number of nitro groups is 1. The van der Waals surface area contributed by atoms with Crippen LogP contribution in [0.1, 0.15) is 54.4 Å². The van der Waals surface area contributed by atoms with Gasteiger partial charge in [-0.2, -0.15) is 0 Å². The molecule has 41 heavy (non-hydrogen) atoms. The lowest BCUT2D eigenvalue weighted by molar-refractivity contribution is -0.384. The maximum absolute atomic E-state index is 14.3. The van der Waals surface area contributed by atoms with Gasteiger partial charge in [-0.1, -0.05) is 44.2 Å². The Morgan fingerprint density at radius 1 is 1.00 bits per heavy atom. The molecule has 4 aromatic rings. The smallest absolute Gasteiger partial charge is 0.269 e. The molecule has 0 radical (unpaired) electrons. The summed E-state index contributed by atoms with van der Waals surface area (Å²) in [4.78, 5) is 40.7. The average Bonchev–Trinajstić information content (AvgIpc) is 3.36. The van der Waals surface area contributed by atoms with Crippen LogP contribution >= 0.6 is 0 Å². The molecule has 0 bridgehead atoms. The number of aryl methyl sites for hydroxylation is 1. The van der Waals surface area contributed by atoms with Crippen molar-refractivity contribution in [1.82, 2.24) is 0 Å². The number of anilines is 2. The minimum Gasteiger partial charge on any atom is -0.458 e. The van der Waals surface area contributed by atoms with Crippen LogP contribution in [0.4, 0.5) is 17.1 Å². The topological polar surface area (TPSA) is 106 Å². The number of nitro benzene ring substituents is 1. The third-order valence-electron chi connectivity index (χ3n) is 7.72. The second-order valence-electron chi connectivity index (χ2n) is 11.4. The average molecular weight is 548 g/mol. The summed E-state index contributed by atoms with van der Waals surface area (Å²) in [7, 11) is 0. The van der Waals surface area contributed by atoms with Gasteiger partial charge in [-0.25, -0.2) is 0 Å². The van der Waals surface area contributed by atoms with Crippen LogP contribution in [-0.4, -0.2) is 16.6 Å². The van der Waals surface area contributed by atoms with Crippen molar-refractivity contribution in [2.24, 2.45) is 5.41 Å². The lowest BCUT2D eigenvalue weighted by Gasteiger charge is -2.36. The molecule has 1 amide bonds. The first kappa shape index (κ1) is 26.3. The van der Waals surface area contributed by atoms with Crippen molar-refractivity contribution in [2.45, 2.75) is 39.7 Å². The number of furan rings is 1. The predicted octanol–water partition coefficient (Wildman–Crippen LogP) is 7.62. The summed E-state index contributed by atoms with van der Waals surface area (Å²) >= 11 is 0. The zero-order valence-corrected chi connectivity index (χ0v) is 23.0. The van der Waals surface area contributed by atoms with Crippen LogP contribution in [0.15, 0.2) is 101 Å². The van der Waals surface area contributed by atoms with Gasteiger partial charge in [0.2, 0.25) is 0 Å². The van der Waals surface area contributed by atoms with Gasteiger partial charge in [0.05, 0.1) is 16.3 Å². The molecule has 1 aliphatic carbocycles. The minimum absolute atomic E-state index is 0.00525. The summed E-state index contributed by atoms with van der Waals surface area (Å²) in [6.07, 6.45) is 0.962. The summed E-state index contributed by atoms with van der Waals surface area (Å²) in [6.45, 7) is 5.92. The summed E-state index contributed by atoms with van der Waals surface area (Å²) in [5, 5.41) is 14.8. The number of allylic oxidation sites excluding steroid dienone is 1. The summed E-state index contributed by atoms with van der Waals surface area (Å²) in [5.74, 6) is 0.620. The van der Waals surface area contributed by atoms with Crippen LogP contribution in [0, 0.1) is 22.5 Å². The zero-order valence-electron chi connectivity index (χ0n) is 23.0. The number of carbonyl (C=O) groups excluding carboxylic acids is 2. The number of non-ortho nitro benzene ring substituents is 1. The lowest BCUT2D eigenvalue weighted by atomic mass is 9.74. The molecule has 2 heterocycles. The van der Waals surface area contributed by atoms with E-state index >= 15 is 0 Å². The van der Waals surface area contributed by atoms with Gasteiger partial charge in [0, 0.05) is 41.0 Å². The van der Waals surface area contributed by atoms with Gasteiger partial charge in [-0.05, 0) is 66.8 Å². The van der Waals surface area contributed by atoms with E-state index in [1.165, 1.54) is 12.1 Å². The van der Waals surface area contributed by atoms with E-state index in [1.54, 1.807) is 42.2 Å². The van der Waals surface area contributed by atoms with E-state index in [4.69, 9.17) is 4.42 Å². The van der Waals surface area contributed by atoms with E-state index in [1.807, 2.05) is 42.5 Å². The van der Waals surface area contributed by atoms with Crippen LogP contribution in [0.3, 0.4) is 0 Å². The molecule has 8 nitrogen and oxygen atoms in total. The molecule has 1 aliphatic heterocycles. The fourth-order valence-electron chi connectivity index (χ4n) is 5.88. The van der Waals surface area contributed by atoms with E-state index in [2.05, 4.69) is 19.2 Å². The Morgan fingerprint density at radius 3 is 2.46 bits per heavy atom. The van der Waals surface area contributed by atoms with Crippen LogP contribution in [-0.2, 0) is 4.79 Å². The fourth-order valence-corrected chi connectivity index (χ4v) is 5.88. The van der Waals surface area contributed by atoms with Gasteiger partial charge in [0.25, 0.3) is 11.6 Å². The van der Waals surface area contributed by atoms with Gasteiger partial charge in [-0.3, -0.25) is 24.6 Å². The number of fused-ring (bicyclic) bond motifs is 1. The Morgan fingerprint density at radius 2 is 1.73 bits per heavy atom. The summed E-state index contributed by atoms with van der Waals surface area (Å²) < 4.78 is 6.45. The van der Waals surface area contributed by atoms with Gasteiger partial charge < -0.3 is 9.73 Å². The van der Waals surface area contributed by atoms with Crippen LogP contribution in [0.5, 0.6) is 0 Å². The Kier molecular flexibility index (Phi) is 6.33. The molecule has 1 N–H and O–H groups in total. The van der Waals surface area contributed by atoms with Crippen molar-refractivity contribution in [2.75, 3.05) is 10.2 Å². The third-order valence-corrected chi connectivity index (χ3v) is 7.72. The highest BCUT2D eigenvalue weighted by Gasteiger charge is 2.44. The van der Waals surface area contributed by atoms with E-state index in [0.29, 0.717) is 52.3 Å². The number of hydrogen-bond donors (Lipinski definition) is 1. The molecule has 8 heteroatoms. The molecular formula is C33H29N3O5. The van der Waals surface area contributed by atoms with Gasteiger partial charge in [0.1, 0.15) is 17.6 Å². The first-order chi connectivity index (χ1) is 19.6. The minimum atomic E-state index is -0.829. The lowest BCUT2D eigenvalue weighted by Crippen LogP contribution is -2.39. The van der Waals surface area contributed by atoms with E-state index in [9.17, 15) is 19.7 Å². The number of Topliss-reactive ketones (excluding diaryl/α,β-unsaturated/α-hetero) is 1. The zero-order chi connectivity index (χ0) is 28.9. The largest absolute Gasteiger partial charge is 0.458 e. The standard InChI is InChI=1S/C33H29N3O5/c1-20-17-22(36(39)40)13-14-23(20)28-15-16-29(41-28)31-30-25(18-33(2,3)19-27(30)37)34-24-11-7-8-12-26(24)35(31)32(38)21-9-5-4-6-10-21/h4-17,31,34H,18-19H2,1-3H3/t31-/m1/s1. The number of hydrogen-bond acceptors (Lipinski definition) is 6. The molecule has 3 aromatic carbocycles. The molecule has 1 aromatic heterocycles. The summed E-state index contributed by atoms with van der Waals surface area (Å²) in [6, 6.07) is 23.9. The third kappa shape index (κ3) is 4.71. The first-order valence-corrected chi connectivity index (χ1v) is 13.5. The van der Waals surface area contributed by atoms with Crippen LogP contribution < -0.4 is 10.2 Å². The maximum atomic E-state index is 14.3. The SMILES string of the molecule is Cc1cc([N+](=O)[O-])ccc1-c1ccc([C@@H]2C3=C(CC(C)(C)CC3=O)Nc3ccccc3N2C(=O)c2ccccc2)o1. The second-order valence-corrected chi connectivity index (χ2v) is 11.4. The fraction of sp³-hybridized carbons (Fsp3) is 0.212. The number of ketones is 1. The number of benzene rings is 3. The molecule has 0 saturated carbocycles. The molecule has 2 aliphatic rings. The molecule has 0 fully saturated rings. The number of para-hydroxylation sites is 2. The maximum Gasteiger partial charge on any atom is 0.269 e.